The van der Waals surface area contributed by atoms with E-state index in [1.807, 2.05) is 43.3 Å². The van der Waals surface area contributed by atoms with Crippen molar-refractivity contribution in [3.05, 3.63) is 47.5 Å². The molecule has 1 heterocycles. The Kier molecular flexibility index (Phi) is 5.81. The standard InChI is InChI=1S/C21H25N3O5/c1-13(25)24-21(19-17(27-5)11-16(26-4)12-18(19)28-6)29-20(22-24)14-7-9-15(10-8-14)23(2)3/h7-12,21H,1-6H3. The number of methoxy groups -OCH3 is 3. The summed E-state index contributed by atoms with van der Waals surface area (Å²) in [5, 5.41) is 5.69. The second kappa shape index (κ2) is 8.30. The summed E-state index contributed by atoms with van der Waals surface area (Å²) in [7, 11) is 8.56. The molecule has 0 fully saturated rings. The van der Waals surface area contributed by atoms with E-state index >= 15 is 0 Å². The van der Waals surface area contributed by atoms with Gasteiger partial charge in [-0.15, -0.1) is 5.10 Å². The second-order valence-corrected chi connectivity index (χ2v) is 6.63. The van der Waals surface area contributed by atoms with Crippen LogP contribution in [0, 0.1) is 0 Å². The Labute approximate surface area is 170 Å². The van der Waals surface area contributed by atoms with Crippen LogP contribution in [0.2, 0.25) is 0 Å². The van der Waals surface area contributed by atoms with Crippen LogP contribution in [0.1, 0.15) is 24.3 Å². The lowest BCUT2D eigenvalue weighted by Gasteiger charge is -2.23. The smallest absolute Gasteiger partial charge is 0.243 e. The molecule has 0 spiro atoms. The summed E-state index contributed by atoms with van der Waals surface area (Å²) in [6.07, 6.45) is -0.827. The molecular formula is C21H25N3O5. The summed E-state index contributed by atoms with van der Waals surface area (Å²) in [5.74, 6) is 1.58. The number of benzene rings is 2. The van der Waals surface area contributed by atoms with Crippen LogP contribution in [0.5, 0.6) is 17.2 Å². The molecule has 8 nitrogen and oxygen atoms in total. The fourth-order valence-corrected chi connectivity index (χ4v) is 3.05. The Balaban J connectivity index is 2.02. The van der Waals surface area contributed by atoms with E-state index in [2.05, 4.69) is 5.10 Å². The summed E-state index contributed by atoms with van der Waals surface area (Å²) in [6.45, 7) is 1.43. The third kappa shape index (κ3) is 3.91. The van der Waals surface area contributed by atoms with Crippen LogP contribution in [0.4, 0.5) is 5.69 Å². The Hall–Kier alpha value is -3.42. The number of anilines is 1. The van der Waals surface area contributed by atoms with Gasteiger partial charge in [0.2, 0.25) is 18.0 Å². The summed E-state index contributed by atoms with van der Waals surface area (Å²) >= 11 is 0. The minimum absolute atomic E-state index is 0.269. The third-order valence-corrected chi connectivity index (χ3v) is 4.60. The fourth-order valence-electron chi connectivity index (χ4n) is 3.05. The van der Waals surface area contributed by atoms with Crippen molar-refractivity contribution in [1.29, 1.82) is 0 Å². The summed E-state index contributed by atoms with van der Waals surface area (Å²) in [5.41, 5.74) is 2.36. The molecule has 0 N–H and O–H groups in total. The first kappa shape index (κ1) is 20.3. The van der Waals surface area contributed by atoms with E-state index in [1.165, 1.54) is 26.2 Å². The van der Waals surface area contributed by atoms with Gasteiger partial charge in [-0.25, -0.2) is 0 Å². The van der Waals surface area contributed by atoms with Crippen molar-refractivity contribution in [3.63, 3.8) is 0 Å². The Morgan fingerprint density at radius 1 is 1.03 bits per heavy atom. The molecule has 1 aliphatic heterocycles. The number of hydrogen-bond donors (Lipinski definition) is 0. The van der Waals surface area contributed by atoms with E-state index in [0.29, 0.717) is 28.7 Å². The molecule has 0 bridgehead atoms. The van der Waals surface area contributed by atoms with Gasteiger partial charge in [-0.1, -0.05) is 0 Å². The highest BCUT2D eigenvalue weighted by Gasteiger charge is 2.37. The van der Waals surface area contributed by atoms with Crippen molar-refractivity contribution in [2.75, 3.05) is 40.3 Å². The molecule has 0 aromatic heterocycles. The molecule has 2 aromatic carbocycles. The zero-order valence-electron chi connectivity index (χ0n) is 17.4. The van der Waals surface area contributed by atoms with Crippen molar-refractivity contribution >= 4 is 17.5 Å². The molecule has 0 saturated heterocycles. The van der Waals surface area contributed by atoms with Crippen LogP contribution >= 0.6 is 0 Å². The predicted molar refractivity (Wildman–Crippen MR) is 110 cm³/mol. The average Bonchev–Trinajstić information content (AvgIpc) is 3.17. The Morgan fingerprint density at radius 2 is 1.62 bits per heavy atom. The number of ether oxygens (including phenoxy) is 4. The summed E-state index contributed by atoms with van der Waals surface area (Å²) in [4.78, 5) is 14.3. The first-order chi connectivity index (χ1) is 13.9. The van der Waals surface area contributed by atoms with Crippen molar-refractivity contribution in [1.82, 2.24) is 5.01 Å². The van der Waals surface area contributed by atoms with E-state index in [-0.39, 0.29) is 5.91 Å². The van der Waals surface area contributed by atoms with Gasteiger partial charge in [0.25, 0.3) is 0 Å². The summed E-state index contributed by atoms with van der Waals surface area (Å²) in [6, 6.07) is 11.1. The molecule has 154 valence electrons. The topological polar surface area (TPSA) is 72.8 Å². The number of nitrogens with zero attached hydrogens (tertiary/aromatic N) is 3. The molecule has 8 heteroatoms. The first-order valence-electron chi connectivity index (χ1n) is 9.02. The largest absolute Gasteiger partial charge is 0.496 e. The minimum Gasteiger partial charge on any atom is -0.496 e. The molecule has 1 amide bonds. The van der Waals surface area contributed by atoms with Crippen LogP contribution in [-0.4, -0.2) is 52.2 Å². The number of hydrazone groups is 1. The van der Waals surface area contributed by atoms with Gasteiger partial charge in [0.15, 0.2) is 0 Å². The van der Waals surface area contributed by atoms with Crippen molar-refractivity contribution in [3.8, 4) is 17.2 Å². The number of rotatable bonds is 6. The van der Waals surface area contributed by atoms with E-state index in [4.69, 9.17) is 18.9 Å². The van der Waals surface area contributed by atoms with Gasteiger partial charge in [-0.2, -0.15) is 5.01 Å². The Morgan fingerprint density at radius 3 is 2.07 bits per heavy atom. The molecule has 1 atom stereocenters. The Bertz CT molecular complexity index is 899. The van der Waals surface area contributed by atoms with Crippen molar-refractivity contribution in [2.45, 2.75) is 13.2 Å². The monoisotopic (exact) mass is 399 g/mol. The normalized spacial score (nSPS) is 15.4. The van der Waals surface area contributed by atoms with Crippen LogP contribution in [-0.2, 0) is 9.53 Å². The highest BCUT2D eigenvalue weighted by molar-refractivity contribution is 5.96. The molecule has 2 aromatic rings. The van der Waals surface area contributed by atoms with Crippen LogP contribution in [0.3, 0.4) is 0 Å². The maximum atomic E-state index is 12.3. The average molecular weight is 399 g/mol. The van der Waals surface area contributed by atoms with Gasteiger partial charge in [-0.05, 0) is 24.3 Å². The highest BCUT2D eigenvalue weighted by Crippen LogP contribution is 2.43. The number of hydrogen-bond acceptors (Lipinski definition) is 7. The van der Waals surface area contributed by atoms with Gasteiger partial charge in [0.05, 0.1) is 26.9 Å². The minimum atomic E-state index is -0.827. The van der Waals surface area contributed by atoms with E-state index in [9.17, 15) is 4.79 Å². The predicted octanol–water partition coefficient (Wildman–Crippen LogP) is 3.02. The van der Waals surface area contributed by atoms with Gasteiger partial charge in [0, 0.05) is 44.4 Å². The maximum Gasteiger partial charge on any atom is 0.243 e. The molecule has 1 aliphatic rings. The van der Waals surface area contributed by atoms with Crippen molar-refractivity contribution < 1.29 is 23.7 Å². The van der Waals surface area contributed by atoms with Gasteiger partial charge in [-0.3, -0.25) is 4.79 Å². The highest BCUT2D eigenvalue weighted by atomic mass is 16.5. The van der Waals surface area contributed by atoms with E-state index < -0.39 is 6.23 Å². The molecule has 29 heavy (non-hydrogen) atoms. The van der Waals surface area contributed by atoms with Gasteiger partial charge >= 0.3 is 0 Å². The molecule has 0 radical (unpaired) electrons. The van der Waals surface area contributed by atoms with Gasteiger partial charge < -0.3 is 23.8 Å². The summed E-state index contributed by atoms with van der Waals surface area (Å²) < 4.78 is 22.4. The molecule has 0 saturated carbocycles. The molecule has 1 unspecified atom stereocenters. The van der Waals surface area contributed by atoms with E-state index in [0.717, 1.165) is 11.3 Å². The van der Waals surface area contributed by atoms with Crippen molar-refractivity contribution in [2.24, 2.45) is 5.10 Å². The van der Waals surface area contributed by atoms with Crippen LogP contribution in [0.25, 0.3) is 0 Å². The van der Waals surface area contributed by atoms with E-state index in [1.54, 1.807) is 19.2 Å². The lowest BCUT2D eigenvalue weighted by Crippen LogP contribution is -2.26. The fraction of sp³-hybridized carbons (Fsp3) is 0.333. The molecule has 0 aliphatic carbocycles. The molecule has 3 rings (SSSR count). The zero-order valence-corrected chi connectivity index (χ0v) is 17.4. The number of carbonyl (C=O) groups excluding carboxylic acids is 1. The first-order valence-corrected chi connectivity index (χ1v) is 9.02. The van der Waals surface area contributed by atoms with Gasteiger partial charge in [0.1, 0.15) is 17.2 Å². The number of amides is 1. The zero-order chi connectivity index (χ0) is 21.1. The lowest BCUT2D eigenvalue weighted by atomic mass is 10.1. The third-order valence-electron chi connectivity index (χ3n) is 4.60. The quantitative estimate of drug-likeness (QED) is 0.744. The second-order valence-electron chi connectivity index (χ2n) is 6.63. The molecular weight excluding hydrogens is 374 g/mol. The van der Waals surface area contributed by atoms with Crippen LogP contribution in [0.15, 0.2) is 41.5 Å². The number of carbonyl (C=O) groups is 1. The van der Waals surface area contributed by atoms with Crippen LogP contribution < -0.4 is 19.1 Å². The SMILES string of the molecule is COc1cc(OC)c(C2OC(c3ccc(N(C)C)cc3)=NN2C(C)=O)c(OC)c1. The maximum absolute atomic E-state index is 12.3. The lowest BCUT2D eigenvalue weighted by molar-refractivity contribution is -0.135.